The van der Waals surface area contributed by atoms with Gasteiger partial charge in [-0.3, -0.25) is 5.10 Å². The molecule has 1 rings (SSSR count). The normalized spacial score (nSPS) is 10.4. The molecule has 0 aliphatic rings. The number of nitrogens with one attached hydrogen (secondary N) is 1. The number of hydrogen-bond acceptors (Lipinski definition) is 3. The molecule has 0 radical (unpaired) electrons. The van der Waals surface area contributed by atoms with Crippen LogP contribution in [0.1, 0.15) is 18.6 Å². The molecule has 11 heavy (non-hydrogen) atoms. The van der Waals surface area contributed by atoms with Gasteiger partial charge in [0, 0.05) is 20.0 Å². The Morgan fingerprint density at radius 3 is 2.91 bits per heavy atom. The van der Waals surface area contributed by atoms with E-state index >= 15 is 0 Å². The molecule has 0 unspecified atom stereocenters. The summed E-state index contributed by atoms with van der Waals surface area (Å²) in [5, 5.41) is 6.85. The number of ether oxygens (including phenoxy) is 1. The summed E-state index contributed by atoms with van der Waals surface area (Å²) in [6.07, 6.45) is 1.69. The van der Waals surface area contributed by atoms with Crippen molar-refractivity contribution in [2.75, 3.05) is 13.7 Å². The Hall–Kier alpha value is -0.900. The lowest BCUT2D eigenvalue weighted by atomic mass is 10.4. The maximum Gasteiger partial charge on any atom is 0.150 e. The van der Waals surface area contributed by atoms with Crippen molar-refractivity contribution in [2.24, 2.45) is 0 Å². The SMILES string of the molecule is CCc1n[nH]c(CCOC)n1. The summed E-state index contributed by atoms with van der Waals surface area (Å²) in [4.78, 5) is 4.22. The van der Waals surface area contributed by atoms with Crippen molar-refractivity contribution < 1.29 is 4.74 Å². The molecular formula is C7H13N3O. The Morgan fingerprint density at radius 1 is 1.55 bits per heavy atom. The summed E-state index contributed by atoms with van der Waals surface area (Å²) >= 11 is 0. The van der Waals surface area contributed by atoms with Crippen LogP contribution in [-0.2, 0) is 17.6 Å². The van der Waals surface area contributed by atoms with Crippen LogP contribution >= 0.6 is 0 Å². The summed E-state index contributed by atoms with van der Waals surface area (Å²) in [7, 11) is 1.68. The number of aryl methyl sites for hydroxylation is 1. The van der Waals surface area contributed by atoms with Crippen molar-refractivity contribution >= 4 is 0 Å². The van der Waals surface area contributed by atoms with E-state index in [9.17, 15) is 0 Å². The first-order chi connectivity index (χ1) is 5.36. The number of rotatable bonds is 4. The first kappa shape index (κ1) is 8.20. The van der Waals surface area contributed by atoms with Gasteiger partial charge in [-0.05, 0) is 0 Å². The molecule has 0 bridgehead atoms. The van der Waals surface area contributed by atoms with E-state index in [-0.39, 0.29) is 0 Å². The molecule has 1 N–H and O–H groups in total. The Bertz CT molecular complexity index is 209. The minimum Gasteiger partial charge on any atom is -0.384 e. The van der Waals surface area contributed by atoms with Gasteiger partial charge in [-0.15, -0.1) is 0 Å². The van der Waals surface area contributed by atoms with Gasteiger partial charge in [-0.1, -0.05) is 6.92 Å². The van der Waals surface area contributed by atoms with Crippen LogP contribution in [0.25, 0.3) is 0 Å². The summed E-state index contributed by atoms with van der Waals surface area (Å²) in [6.45, 7) is 2.72. The fourth-order valence-electron chi connectivity index (χ4n) is 0.803. The van der Waals surface area contributed by atoms with Crippen molar-refractivity contribution in [3.05, 3.63) is 11.6 Å². The third-order valence-corrected chi connectivity index (χ3v) is 1.44. The number of aromatic amines is 1. The quantitative estimate of drug-likeness (QED) is 0.691. The monoisotopic (exact) mass is 155 g/mol. The topological polar surface area (TPSA) is 50.8 Å². The summed E-state index contributed by atoms with van der Waals surface area (Å²) in [5.41, 5.74) is 0. The fourth-order valence-corrected chi connectivity index (χ4v) is 0.803. The zero-order valence-corrected chi connectivity index (χ0v) is 6.92. The first-order valence-corrected chi connectivity index (χ1v) is 3.76. The van der Waals surface area contributed by atoms with Crippen LogP contribution < -0.4 is 0 Å². The Balaban J connectivity index is 2.44. The molecule has 0 spiro atoms. The van der Waals surface area contributed by atoms with Crippen LogP contribution in [0.4, 0.5) is 0 Å². The van der Waals surface area contributed by atoms with E-state index in [1.165, 1.54) is 0 Å². The fraction of sp³-hybridized carbons (Fsp3) is 0.714. The Labute approximate surface area is 66.0 Å². The van der Waals surface area contributed by atoms with Crippen molar-refractivity contribution in [2.45, 2.75) is 19.8 Å². The average Bonchev–Trinajstić information content (AvgIpc) is 2.48. The van der Waals surface area contributed by atoms with E-state index in [2.05, 4.69) is 15.2 Å². The van der Waals surface area contributed by atoms with Crippen LogP contribution in [0.3, 0.4) is 0 Å². The summed E-state index contributed by atoms with van der Waals surface area (Å²) < 4.78 is 4.90. The molecule has 1 aromatic heterocycles. The van der Waals surface area contributed by atoms with E-state index in [1.54, 1.807) is 7.11 Å². The largest absolute Gasteiger partial charge is 0.384 e. The molecular weight excluding hydrogens is 142 g/mol. The highest BCUT2D eigenvalue weighted by atomic mass is 16.5. The van der Waals surface area contributed by atoms with Gasteiger partial charge in [0.2, 0.25) is 0 Å². The maximum atomic E-state index is 4.90. The van der Waals surface area contributed by atoms with Crippen molar-refractivity contribution in [1.29, 1.82) is 0 Å². The summed E-state index contributed by atoms with van der Waals surface area (Å²) in [5.74, 6) is 1.78. The minimum atomic E-state index is 0.693. The molecule has 0 atom stereocenters. The molecule has 0 amide bonds. The van der Waals surface area contributed by atoms with Gasteiger partial charge in [-0.25, -0.2) is 4.98 Å². The molecule has 0 aliphatic carbocycles. The lowest BCUT2D eigenvalue weighted by Crippen LogP contribution is -1.96. The zero-order chi connectivity index (χ0) is 8.10. The standard InChI is InChI=1S/C7H13N3O/c1-3-6-8-7(10-9-6)4-5-11-2/h3-5H2,1-2H3,(H,8,9,10). The number of hydrogen-bond donors (Lipinski definition) is 1. The van der Waals surface area contributed by atoms with Crippen molar-refractivity contribution in [3.8, 4) is 0 Å². The van der Waals surface area contributed by atoms with Gasteiger partial charge >= 0.3 is 0 Å². The maximum absolute atomic E-state index is 4.90. The minimum absolute atomic E-state index is 0.693. The van der Waals surface area contributed by atoms with Crippen LogP contribution in [0.15, 0.2) is 0 Å². The molecule has 1 heterocycles. The predicted octanol–water partition coefficient (Wildman–Crippen LogP) is 0.556. The number of aromatic nitrogens is 3. The molecule has 0 aliphatic heterocycles. The first-order valence-electron chi connectivity index (χ1n) is 3.76. The van der Waals surface area contributed by atoms with Crippen LogP contribution in [0, 0.1) is 0 Å². The Kier molecular flexibility index (Phi) is 3.04. The summed E-state index contributed by atoms with van der Waals surface area (Å²) in [6, 6.07) is 0. The molecule has 0 fully saturated rings. The van der Waals surface area contributed by atoms with E-state index in [0.29, 0.717) is 6.61 Å². The highest BCUT2D eigenvalue weighted by molar-refractivity contribution is 4.89. The van der Waals surface area contributed by atoms with Crippen LogP contribution in [0.2, 0.25) is 0 Å². The van der Waals surface area contributed by atoms with Gasteiger partial charge in [-0.2, -0.15) is 5.10 Å². The van der Waals surface area contributed by atoms with Gasteiger partial charge in [0.05, 0.1) is 6.61 Å². The van der Waals surface area contributed by atoms with Gasteiger partial charge in [0.1, 0.15) is 11.6 Å². The van der Waals surface area contributed by atoms with Gasteiger partial charge in [0.25, 0.3) is 0 Å². The average molecular weight is 155 g/mol. The number of H-pyrrole nitrogens is 1. The molecule has 0 aromatic carbocycles. The smallest absolute Gasteiger partial charge is 0.150 e. The highest BCUT2D eigenvalue weighted by Gasteiger charge is 1.99. The second-order valence-electron chi connectivity index (χ2n) is 2.29. The van der Waals surface area contributed by atoms with E-state index < -0.39 is 0 Å². The van der Waals surface area contributed by atoms with Crippen LogP contribution in [0.5, 0.6) is 0 Å². The predicted molar refractivity (Wildman–Crippen MR) is 41.3 cm³/mol. The lowest BCUT2D eigenvalue weighted by molar-refractivity contribution is 0.200. The number of methoxy groups -OCH3 is 1. The van der Waals surface area contributed by atoms with Gasteiger partial charge < -0.3 is 4.74 Å². The third-order valence-electron chi connectivity index (χ3n) is 1.44. The van der Waals surface area contributed by atoms with Crippen molar-refractivity contribution in [3.63, 3.8) is 0 Å². The van der Waals surface area contributed by atoms with E-state index in [0.717, 1.165) is 24.5 Å². The second kappa shape index (κ2) is 4.08. The van der Waals surface area contributed by atoms with Gasteiger partial charge in [0.15, 0.2) is 0 Å². The number of nitrogens with zero attached hydrogens (tertiary/aromatic N) is 2. The third kappa shape index (κ3) is 2.31. The molecule has 4 nitrogen and oxygen atoms in total. The van der Waals surface area contributed by atoms with Crippen molar-refractivity contribution in [1.82, 2.24) is 15.2 Å². The zero-order valence-electron chi connectivity index (χ0n) is 6.92. The van der Waals surface area contributed by atoms with E-state index in [1.807, 2.05) is 6.92 Å². The molecule has 0 saturated heterocycles. The lowest BCUT2D eigenvalue weighted by Gasteiger charge is -1.91. The van der Waals surface area contributed by atoms with E-state index in [4.69, 9.17) is 4.74 Å². The second-order valence-corrected chi connectivity index (χ2v) is 2.29. The molecule has 4 heteroatoms. The van der Waals surface area contributed by atoms with Crippen LogP contribution in [-0.4, -0.2) is 28.9 Å². The molecule has 62 valence electrons. The molecule has 0 saturated carbocycles. The molecule has 1 aromatic rings. The Morgan fingerprint density at radius 2 is 2.36 bits per heavy atom. The highest BCUT2D eigenvalue weighted by Crippen LogP contribution is 1.94.